The summed E-state index contributed by atoms with van der Waals surface area (Å²) in [5, 5.41) is 13.5. The van der Waals surface area contributed by atoms with E-state index >= 15 is 0 Å². The van der Waals surface area contributed by atoms with Crippen molar-refractivity contribution in [2.75, 3.05) is 42.9 Å². The molecule has 152 valence electrons. The topological polar surface area (TPSA) is 59.4 Å². The molecule has 4 rings (SSSR count). The molecule has 1 aromatic carbocycles. The molecule has 0 unspecified atom stereocenters. The van der Waals surface area contributed by atoms with Gasteiger partial charge in [0.25, 0.3) is 0 Å². The van der Waals surface area contributed by atoms with E-state index in [1.807, 2.05) is 6.07 Å². The number of rotatable bonds is 4. The first-order valence-electron chi connectivity index (χ1n) is 10.6. The van der Waals surface area contributed by atoms with Gasteiger partial charge in [0.15, 0.2) is 0 Å². The molecule has 1 N–H and O–H groups in total. The number of carbonyl (C=O) groups is 1. The first kappa shape index (κ1) is 19.9. The number of piperazine rings is 1. The Morgan fingerprint density at radius 3 is 2.48 bits per heavy atom. The number of amides is 1. The molecule has 2 heterocycles. The zero-order valence-electron chi connectivity index (χ0n) is 16.8. The number of thiophene rings is 1. The van der Waals surface area contributed by atoms with Gasteiger partial charge in [-0.3, -0.25) is 9.69 Å². The molecule has 2 aliphatic rings. The number of para-hydroxylation sites is 1. The Bertz CT molecular complexity index is 878. The van der Waals surface area contributed by atoms with Crippen LogP contribution in [0.15, 0.2) is 30.3 Å². The maximum Gasteiger partial charge on any atom is 0.239 e. The van der Waals surface area contributed by atoms with E-state index in [1.165, 1.54) is 35.4 Å². The Labute approximate surface area is 176 Å². The fourth-order valence-corrected chi connectivity index (χ4v) is 5.55. The van der Waals surface area contributed by atoms with Gasteiger partial charge in [0, 0.05) is 36.7 Å². The molecule has 2 aromatic rings. The average Bonchev–Trinajstić information content (AvgIpc) is 3.04. The number of carbonyl (C=O) groups excluding carboxylic acids is 1. The summed E-state index contributed by atoms with van der Waals surface area (Å²) in [6.07, 6.45) is 6.81. The van der Waals surface area contributed by atoms with Crippen LogP contribution in [-0.4, -0.2) is 43.5 Å². The number of nitrogens with one attached hydrogen (secondary N) is 1. The lowest BCUT2D eigenvalue weighted by atomic mass is 9.97. The van der Waals surface area contributed by atoms with E-state index in [1.54, 1.807) is 11.3 Å². The fraction of sp³-hybridized carbons (Fsp3) is 0.478. The number of benzene rings is 1. The molecule has 0 radical (unpaired) electrons. The van der Waals surface area contributed by atoms with Gasteiger partial charge in [0.1, 0.15) is 11.1 Å². The Kier molecular flexibility index (Phi) is 6.48. The van der Waals surface area contributed by atoms with Crippen molar-refractivity contribution in [3.05, 3.63) is 46.3 Å². The largest absolute Gasteiger partial charge is 0.369 e. The second-order valence-corrected chi connectivity index (χ2v) is 8.99. The Hall–Kier alpha value is -2.36. The molecule has 29 heavy (non-hydrogen) atoms. The van der Waals surface area contributed by atoms with E-state index in [9.17, 15) is 10.1 Å². The highest BCUT2D eigenvalue weighted by Crippen LogP contribution is 2.36. The lowest BCUT2D eigenvalue weighted by molar-refractivity contribution is -0.117. The van der Waals surface area contributed by atoms with Gasteiger partial charge < -0.3 is 10.2 Å². The minimum atomic E-state index is -0.0103. The molecule has 0 saturated carbocycles. The number of nitriles is 1. The first-order chi connectivity index (χ1) is 14.2. The van der Waals surface area contributed by atoms with Crippen LogP contribution >= 0.6 is 11.3 Å². The van der Waals surface area contributed by atoms with E-state index in [0.29, 0.717) is 12.1 Å². The lowest BCUT2D eigenvalue weighted by Gasteiger charge is -2.35. The molecule has 0 atom stereocenters. The van der Waals surface area contributed by atoms with Gasteiger partial charge in [-0.15, -0.1) is 11.3 Å². The van der Waals surface area contributed by atoms with Gasteiger partial charge in [-0.05, 0) is 43.4 Å². The first-order valence-corrected chi connectivity index (χ1v) is 11.4. The molecular weight excluding hydrogens is 380 g/mol. The second-order valence-electron chi connectivity index (χ2n) is 7.88. The van der Waals surface area contributed by atoms with Crippen molar-refractivity contribution in [1.82, 2.24) is 4.90 Å². The monoisotopic (exact) mass is 408 g/mol. The lowest BCUT2D eigenvalue weighted by Crippen LogP contribution is -2.48. The summed E-state index contributed by atoms with van der Waals surface area (Å²) in [5.74, 6) is -0.0103. The van der Waals surface area contributed by atoms with Gasteiger partial charge in [-0.25, -0.2) is 0 Å². The minimum Gasteiger partial charge on any atom is -0.369 e. The smallest absolute Gasteiger partial charge is 0.239 e. The standard InChI is InChI=1S/C23H28N4OS/c24-16-20-19-10-6-1-2-7-11-21(19)29-23(20)25-22(28)17-26-12-14-27(15-13-26)18-8-4-3-5-9-18/h3-5,8-9H,1-2,6-7,10-15,17H2,(H,25,28). The summed E-state index contributed by atoms with van der Waals surface area (Å²) in [4.78, 5) is 18.5. The van der Waals surface area contributed by atoms with Crippen molar-refractivity contribution >= 4 is 27.9 Å². The van der Waals surface area contributed by atoms with Crippen LogP contribution in [-0.2, 0) is 17.6 Å². The van der Waals surface area contributed by atoms with E-state index in [4.69, 9.17) is 0 Å². The third-order valence-electron chi connectivity index (χ3n) is 5.90. The number of hydrogen-bond donors (Lipinski definition) is 1. The van der Waals surface area contributed by atoms with Crippen LogP contribution in [0.5, 0.6) is 0 Å². The summed E-state index contributed by atoms with van der Waals surface area (Å²) in [6, 6.07) is 12.8. The normalized spacial score (nSPS) is 17.7. The summed E-state index contributed by atoms with van der Waals surface area (Å²) in [6.45, 7) is 3.97. The van der Waals surface area contributed by atoms with Crippen LogP contribution in [0, 0.1) is 11.3 Å². The molecule has 1 aromatic heterocycles. The van der Waals surface area contributed by atoms with Crippen molar-refractivity contribution in [2.24, 2.45) is 0 Å². The van der Waals surface area contributed by atoms with Crippen molar-refractivity contribution < 1.29 is 4.79 Å². The van der Waals surface area contributed by atoms with Crippen LogP contribution in [0.3, 0.4) is 0 Å². The maximum atomic E-state index is 12.7. The van der Waals surface area contributed by atoms with Gasteiger partial charge >= 0.3 is 0 Å². The molecule has 1 saturated heterocycles. The molecule has 0 spiro atoms. The highest BCUT2D eigenvalue weighted by atomic mass is 32.1. The van der Waals surface area contributed by atoms with E-state index in [-0.39, 0.29) is 5.91 Å². The summed E-state index contributed by atoms with van der Waals surface area (Å²) in [5.41, 5.74) is 3.13. The molecule has 1 aliphatic carbocycles. The molecule has 5 nitrogen and oxygen atoms in total. The predicted molar refractivity (Wildman–Crippen MR) is 119 cm³/mol. The van der Waals surface area contributed by atoms with Gasteiger partial charge in [-0.1, -0.05) is 31.0 Å². The zero-order valence-corrected chi connectivity index (χ0v) is 17.6. The third kappa shape index (κ3) is 4.80. The van der Waals surface area contributed by atoms with Crippen LogP contribution in [0.2, 0.25) is 0 Å². The SMILES string of the molecule is N#Cc1c(NC(=O)CN2CCN(c3ccccc3)CC2)sc2c1CCCCCC2. The highest BCUT2D eigenvalue weighted by Gasteiger charge is 2.23. The van der Waals surface area contributed by atoms with Crippen molar-refractivity contribution in [1.29, 1.82) is 5.26 Å². The second kappa shape index (κ2) is 9.43. The van der Waals surface area contributed by atoms with Crippen molar-refractivity contribution in [3.63, 3.8) is 0 Å². The molecule has 6 heteroatoms. The summed E-state index contributed by atoms with van der Waals surface area (Å²) in [7, 11) is 0. The van der Waals surface area contributed by atoms with Crippen LogP contribution in [0.4, 0.5) is 10.7 Å². The maximum absolute atomic E-state index is 12.7. The molecule has 0 bridgehead atoms. The fourth-order valence-electron chi connectivity index (χ4n) is 4.30. The van der Waals surface area contributed by atoms with Crippen LogP contribution in [0.25, 0.3) is 0 Å². The minimum absolute atomic E-state index is 0.0103. The van der Waals surface area contributed by atoms with E-state index in [2.05, 4.69) is 45.5 Å². The number of aryl methyl sites for hydroxylation is 1. The zero-order chi connectivity index (χ0) is 20.1. The predicted octanol–water partition coefficient (Wildman–Crippen LogP) is 4.04. The Balaban J connectivity index is 1.35. The van der Waals surface area contributed by atoms with E-state index in [0.717, 1.165) is 50.4 Å². The van der Waals surface area contributed by atoms with E-state index < -0.39 is 0 Å². The van der Waals surface area contributed by atoms with Crippen molar-refractivity contribution in [2.45, 2.75) is 38.5 Å². The molecule has 1 aliphatic heterocycles. The van der Waals surface area contributed by atoms with Gasteiger partial charge in [0.2, 0.25) is 5.91 Å². The van der Waals surface area contributed by atoms with Crippen LogP contribution < -0.4 is 10.2 Å². The quantitative estimate of drug-likeness (QED) is 0.829. The Morgan fingerprint density at radius 2 is 1.76 bits per heavy atom. The number of fused-ring (bicyclic) bond motifs is 1. The summed E-state index contributed by atoms with van der Waals surface area (Å²) < 4.78 is 0. The average molecular weight is 409 g/mol. The van der Waals surface area contributed by atoms with Crippen LogP contribution in [0.1, 0.15) is 41.7 Å². The van der Waals surface area contributed by atoms with Gasteiger partial charge in [-0.2, -0.15) is 5.26 Å². The van der Waals surface area contributed by atoms with Gasteiger partial charge in [0.05, 0.1) is 12.1 Å². The number of nitrogens with zero attached hydrogens (tertiary/aromatic N) is 3. The third-order valence-corrected chi connectivity index (χ3v) is 7.10. The molecule has 1 fully saturated rings. The number of hydrogen-bond acceptors (Lipinski definition) is 5. The highest BCUT2D eigenvalue weighted by molar-refractivity contribution is 7.16. The summed E-state index contributed by atoms with van der Waals surface area (Å²) >= 11 is 1.62. The molecule has 1 amide bonds. The molecular formula is C23H28N4OS. The number of anilines is 2. The Morgan fingerprint density at radius 1 is 1.03 bits per heavy atom. The van der Waals surface area contributed by atoms with Crippen molar-refractivity contribution in [3.8, 4) is 6.07 Å².